The molecule has 0 atom stereocenters. The Morgan fingerprint density at radius 3 is 2.74 bits per heavy atom. The molecule has 1 aromatic carbocycles. The van der Waals surface area contributed by atoms with Crippen molar-refractivity contribution in [1.82, 2.24) is 28.9 Å². The van der Waals surface area contributed by atoms with Gasteiger partial charge in [0.05, 0.1) is 24.2 Å². The number of amides is 1. The van der Waals surface area contributed by atoms with Crippen molar-refractivity contribution in [1.29, 1.82) is 0 Å². The Hall–Kier alpha value is -3.39. The van der Waals surface area contributed by atoms with Gasteiger partial charge in [-0.2, -0.15) is 10.2 Å². The van der Waals surface area contributed by atoms with Gasteiger partial charge in [0, 0.05) is 38.7 Å². The molecule has 5 heterocycles. The number of likely N-dealkylation sites (tertiary alicyclic amines) is 1. The Bertz CT molecular complexity index is 1260. The number of para-hydroxylation sites is 1. The minimum atomic E-state index is -0.413. The maximum Gasteiger partial charge on any atom is 0.259 e. The molecule has 8 nitrogen and oxygen atoms in total. The van der Waals surface area contributed by atoms with E-state index in [2.05, 4.69) is 23.4 Å². The van der Waals surface area contributed by atoms with Crippen LogP contribution in [0, 0.1) is 0 Å². The molecule has 6 rings (SSSR count). The fourth-order valence-electron chi connectivity index (χ4n) is 4.94. The molecule has 1 saturated heterocycles. The summed E-state index contributed by atoms with van der Waals surface area (Å²) < 4.78 is 12.0. The number of rotatable bonds is 2. The molecule has 2 aliphatic heterocycles. The monoisotopic (exact) mass is 416 g/mol. The van der Waals surface area contributed by atoms with Gasteiger partial charge in [-0.05, 0) is 37.0 Å². The topological polar surface area (TPSA) is 69.6 Å². The first-order valence-corrected chi connectivity index (χ1v) is 10.7. The number of nitrogens with zero attached hydrogens (tertiary/aromatic N) is 6. The van der Waals surface area contributed by atoms with E-state index in [1.165, 1.54) is 5.56 Å². The number of fused-ring (bicyclic) bond motifs is 3. The van der Waals surface area contributed by atoms with Gasteiger partial charge in [0.15, 0.2) is 0 Å². The largest absolute Gasteiger partial charge is 0.368 e. The predicted octanol–water partition coefficient (Wildman–Crippen LogP) is 2.56. The van der Waals surface area contributed by atoms with E-state index in [1.807, 2.05) is 51.8 Å². The Kier molecular flexibility index (Phi) is 4.04. The molecule has 0 unspecified atom stereocenters. The summed E-state index contributed by atoms with van der Waals surface area (Å²) in [7, 11) is 1.93. The smallest absolute Gasteiger partial charge is 0.259 e. The normalized spacial score (nSPS) is 17.9. The second-order valence-electron chi connectivity index (χ2n) is 8.40. The average molecular weight is 416 g/mol. The number of hydrogen-bond donors (Lipinski definition) is 0. The van der Waals surface area contributed by atoms with Crippen LogP contribution in [0.1, 0.15) is 34.5 Å². The number of aryl methyl sites for hydroxylation is 1. The molecule has 8 heteroatoms. The molecular formula is C23H24N6O2. The van der Waals surface area contributed by atoms with Crippen LogP contribution in [0.15, 0.2) is 55.1 Å². The fourth-order valence-corrected chi connectivity index (χ4v) is 4.94. The first-order valence-electron chi connectivity index (χ1n) is 10.7. The Balaban J connectivity index is 1.26. The van der Waals surface area contributed by atoms with E-state index < -0.39 is 5.60 Å². The van der Waals surface area contributed by atoms with Gasteiger partial charge >= 0.3 is 0 Å². The molecule has 158 valence electrons. The molecule has 0 saturated carbocycles. The van der Waals surface area contributed by atoms with Crippen molar-refractivity contribution >= 4 is 11.6 Å². The summed E-state index contributed by atoms with van der Waals surface area (Å²) in [5.74, 6) is 0.0255. The maximum atomic E-state index is 13.2. The van der Waals surface area contributed by atoms with Crippen LogP contribution in [0.2, 0.25) is 0 Å². The standard InChI is InChI=1S/C23H24N6O2/c1-26-12-13-28-21(26)19(15-24-28)22(30)27-10-8-23(9-11-27)20-17(7-14-31-23)16-29(25-20)18-5-3-2-4-6-18/h2-6,12-13,15-16H,7-11,14H2,1H3. The SMILES string of the molecule is Cn1ccn2ncc(C(=O)N3CCC4(CC3)OCCc3cn(-c5ccccc5)nc34)c12. The van der Waals surface area contributed by atoms with E-state index in [4.69, 9.17) is 9.84 Å². The second kappa shape index (κ2) is 6.81. The summed E-state index contributed by atoms with van der Waals surface area (Å²) in [5, 5.41) is 9.25. The molecule has 2 aliphatic rings. The van der Waals surface area contributed by atoms with Gasteiger partial charge in [-0.25, -0.2) is 9.20 Å². The molecule has 1 amide bonds. The highest BCUT2D eigenvalue weighted by Gasteiger charge is 2.44. The van der Waals surface area contributed by atoms with Gasteiger partial charge in [0.25, 0.3) is 5.91 Å². The van der Waals surface area contributed by atoms with Gasteiger partial charge in [0.1, 0.15) is 16.8 Å². The van der Waals surface area contributed by atoms with Crippen LogP contribution in [-0.4, -0.2) is 54.5 Å². The number of carbonyl (C=O) groups excluding carboxylic acids is 1. The third kappa shape index (κ3) is 2.82. The Labute approximate surface area is 179 Å². The number of carbonyl (C=O) groups is 1. The number of aromatic nitrogens is 5. The van der Waals surface area contributed by atoms with Gasteiger partial charge in [0.2, 0.25) is 0 Å². The molecule has 1 fully saturated rings. The number of imidazole rings is 1. The predicted molar refractivity (Wildman–Crippen MR) is 114 cm³/mol. The molecule has 0 aliphatic carbocycles. The lowest BCUT2D eigenvalue weighted by Crippen LogP contribution is -2.48. The molecule has 0 radical (unpaired) electrons. The highest BCUT2D eigenvalue weighted by atomic mass is 16.5. The minimum absolute atomic E-state index is 0.0255. The number of ether oxygens (including phenoxy) is 1. The van der Waals surface area contributed by atoms with Crippen molar-refractivity contribution in [2.24, 2.45) is 7.05 Å². The van der Waals surface area contributed by atoms with Crippen molar-refractivity contribution < 1.29 is 9.53 Å². The molecule has 4 aromatic rings. The average Bonchev–Trinajstić information content (AvgIpc) is 3.52. The van der Waals surface area contributed by atoms with Crippen LogP contribution < -0.4 is 0 Å². The van der Waals surface area contributed by atoms with Crippen LogP contribution in [0.3, 0.4) is 0 Å². The van der Waals surface area contributed by atoms with Gasteiger partial charge in [-0.1, -0.05) is 18.2 Å². The zero-order chi connectivity index (χ0) is 21.0. The van der Waals surface area contributed by atoms with E-state index in [1.54, 1.807) is 10.7 Å². The van der Waals surface area contributed by atoms with Gasteiger partial charge in [-0.3, -0.25) is 4.79 Å². The summed E-state index contributed by atoms with van der Waals surface area (Å²) in [6.07, 6.45) is 9.92. The van der Waals surface area contributed by atoms with Crippen LogP contribution in [0.5, 0.6) is 0 Å². The lowest BCUT2D eigenvalue weighted by atomic mass is 9.83. The Morgan fingerprint density at radius 1 is 1.13 bits per heavy atom. The van der Waals surface area contributed by atoms with E-state index in [0.29, 0.717) is 25.3 Å². The summed E-state index contributed by atoms with van der Waals surface area (Å²) in [6, 6.07) is 10.2. The van der Waals surface area contributed by atoms with Crippen LogP contribution in [0.25, 0.3) is 11.3 Å². The van der Waals surface area contributed by atoms with Crippen LogP contribution in [0.4, 0.5) is 0 Å². The lowest BCUT2D eigenvalue weighted by Gasteiger charge is -2.42. The zero-order valence-corrected chi connectivity index (χ0v) is 17.4. The highest BCUT2D eigenvalue weighted by Crippen LogP contribution is 2.41. The van der Waals surface area contributed by atoms with Crippen molar-refractivity contribution in [3.8, 4) is 5.69 Å². The Morgan fingerprint density at radius 2 is 1.94 bits per heavy atom. The maximum absolute atomic E-state index is 13.2. The first-order chi connectivity index (χ1) is 15.1. The zero-order valence-electron chi connectivity index (χ0n) is 17.4. The quantitative estimate of drug-likeness (QED) is 0.504. The van der Waals surface area contributed by atoms with Crippen LogP contribution in [-0.2, 0) is 23.8 Å². The number of hydrogen-bond acceptors (Lipinski definition) is 4. The summed E-state index contributed by atoms with van der Waals surface area (Å²) in [4.78, 5) is 15.1. The van der Waals surface area contributed by atoms with Crippen molar-refractivity contribution in [3.63, 3.8) is 0 Å². The van der Waals surface area contributed by atoms with E-state index in [-0.39, 0.29) is 5.91 Å². The summed E-state index contributed by atoms with van der Waals surface area (Å²) >= 11 is 0. The molecule has 0 N–H and O–H groups in total. The number of benzene rings is 1. The first kappa shape index (κ1) is 18.4. The lowest BCUT2D eigenvalue weighted by molar-refractivity contribution is -0.0963. The fraction of sp³-hybridized carbons (Fsp3) is 0.348. The number of piperidine rings is 1. The van der Waals surface area contributed by atoms with Crippen molar-refractivity contribution in [3.05, 3.63) is 71.9 Å². The molecule has 0 bridgehead atoms. The molecule has 1 spiro atoms. The third-order valence-electron chi connectivity index (χ3n) is 6.62. The minimum Gasteiger partial charge on any atom is -0.368 e. The highest BCUT2D eigenvalue weighted by molar-refractivity contribution is 5.99. The molecule has 31 heavy (non-hydrogen) atoms. The summed E-state index contributed by atoms with van der Waals surface area (Å²) in [5.41, 5.74) is 4.38. The second-order valence-corrected chi connectivity index (χ2v) is 8.40. The van der Waals surface area contributed by atoms with Crippen molar-refractivity contribution in [2.75, 3.05) is 19.7 Å². The molecule has 3 aromatic heterocycles. The van der Waals surface area contributed by atoms with Gasteiger partial charge < -0.3 is 14.2 Å². The summed E-state index contributed by atoms with van der Waals surface area (Å²) in [6.45, 7) is 1.96. The molecular weight excluding hydrogens is 392 g/mol. The third-order valence-corrected chi connectivity index (χ3v) is 6.62. The van der Waals surface area contributed by atoms with Gasteiger partial charge in [-0.15, -0.1) is 0 Å². The van der Waals surface area contributed by atoms with E-state index in [0.717, 1.165) is 36.3 Å². The van der Waals surface area contributed by atoms with E-state index in [9.17, 15) is 4.79 Å². The van der Waals surface area contributed by atoms with Crippen molar-refractivity contribution in [2.45, 2.75) is 24.9 Å². The van der Waals surface area contributed by atoms with Crippen LogP contribution >= 0.6 is 0 Å². The van der Waals surface area contributed by atoms with E-state index >= 15 is 0 Å².